The molecule has 6 nitrogen and oxygen atoms in total. The Kier molecular flexibility index (Phi) is 7.49. The highest BCUT2D eigenvalue weighted by molar-refractivity contribution is 7.10. The van der Waals surface area contributed by atoms with Crippen LogP contribution in [0.1, 0.15) is 29.0 Å². The van der Waals surface area contributed by atoms with Crippen molar-refractivity contribution in [1.82, 2.24) is 0 Å². The van der Waals surface area contributed by atoms with E-state index in [2.05, 4.69) is 0 Å². The topological polar surface area (TPSA) is 76.1 Å². The molecule has 1 aromatic heterocycles. The van der Waals surface area contributed by atoms with E-state index in [-0.39, 0.29) is 21.9 Å². The number of Topliss-reactive ketones (excluding diaryl/α,β-unsaturated/α-hetero) is 1. The standard InChI is InChI=1S/C30H24ClNO5S/c1-2-36-22-14-15-24(31)23(17-22)28(33)26-27(25-9-6-16-38-25)32(30(35)29(26)34)20-10-12-21(13-11-20)37-18-19-7-4-3-5-8-19/h3-17,27,33H,2,18H2,1H3/b28-26-. The van der Waals surface area contributed by atoms with Gasteiger partial charge in [0, 0.05) is 16.1 Å². The number of ketones is 1. The van der Waals surface area contributed by atoms with Crippen LogP contribution in [0.25, 0.3) is 5.76 Å². The minimum Gasteiger partial charge on any atom is -0.507 e. The molecular formula is C30H24ClNO5S. The van der Waals surface area contributed by atoms with Crippen molar-refractivity contribution < 1.29 is 24.2 Å². The van der Waals surface area contributed by atoms with Crippen molar-refractivity contribution in [3.05, 3.63) is 117 Å². The summed E-state index contributed by atoms with van der Waals surface area (Å²) >= 11 is 7.79. The van der Waals surface area contributed by atoms with Crippen LogP contribution in [-0.4, -0.2) is 23.4 Å². The van der Waals surface area contributed by atoms with Gasteiger partial charge in [-0.2, -0.15) is 0 Å². The molecule has 5 rings (SSSR count). The number of halogens is 1. The fraction of sp³-hybridized carbons (Fsp3) is 0.133. The lowest BCUT2D eigenvalue weighted by atomic mass is 9.99. The van der Waals surface area contributed by atoms with E-state index in [1.807, 2.05) is 54.8 Å². The second-order valence-corrected chi connectivity index (χ2v) is 9.91. The van der Waals surface area contributed by atoms with Crippen LogP contribution in [0.4, 0.5) is 5.69 Å². The number of aliphatic hydroxyl groups is 1. The molecule has 1 N–H and O–H groups in total. The van der Waals surface area contributed by atoms with Gasteiger partial charge in [-0.1, -0.05) is 48.0 Å². The van der Waals surface area contributed by atoms with Gasteiger partial charge < -0.3 is 14.6 Å². The largest absolute Gasteiger partial charge is 0.507 e. The average Bonchev–Trinajstić information content (AvgIpc) is 3.56. The van der Waals surface area contributed by atoms with Crippen molar-refractivity contribution in [2.75, 3.05) is 11.5 Å². The lowest BCUT2D eigenvalue weighted by Gasteiger charge is -2.24. The summed E-state index contributed by atoms with van der Waals surface area (Å²) in [5.41, 5.74) is 1.73. The van der Waals surface area contributed by atoms with Crippen LogP contribution in [-0.2, 0) is 16.2 Å². The maximum absolute atomic E-state index is 13.4. The predicted octanol–water partition coefficient (Wildman–Crippen LogP) is 7.01. The van der Waals surface area contributed by atoms with Crippen LogP contribution in [0, 0.1) is 0 Å². The molecule has 0 bridgehead atoms. The van der Waals surface area contributed by atoms with E-state index >= 15 is 0 Å². The minimum atomic E-state index is -0.821. The quantitative estimate of drug-likeness (QED) is 0.146. The van der Waals surface area contributed by atoms with Gasteiger partial charge in [0.2, 0.25) is 0 Å². The van der Waals surface area contributed by atoms with Gasteiger partial charge in [0.05, 0.1) is 17.2 Å². The number of carbonyl (C=O) groups excluding carboxylic acids is 2. The van der Waals surface area contributed by atoms with Gasteiger partial charge >= 0.3 is 0 Å². The summed E-state index contributed by atoms with van der Waals surface area (Å²) in [4.78, 5) is 28.8. The Morgan fingerprint density at radius 1 is 0.947 bits per heavy atom. The van der Waals surface area contributed by atoms with Crippen LogP contribution in [0.2, 0.25) is 5.02 Å². The SMILES string of the molecule is CCOc1ccc(Cl)c(/C(O)=C2/C(=O)C(=O)N(c3ccc(OCc4ccccc4)cc3)C2c2cccs2)c1. The Morgan fingerprint density at radius 3 is 2.37 bits per heavy atom. The molecule has 8 heteroatoms. The molecule has 0 saturated carbocycles. The van der Waals surface area contributed by atoms with Crippen LogP contribution in [0.5, 0.6) is 11.5 Å². The van der Waals surface area contributed by atoms with Crippen LogP contribution in [0.15, 0.2) is 95.9 Å². The lowest BCUT2D eigenvalue weighted by Crippen LogP contribution is -2.29. The third kappa shape index (κ3) is 5.03. The molecule has 1 unspecified atom stereocenters. The number of carbonyl (C=O) groups is 2. The second kappa shape index (κ2) is 11.1. The zero-order chi connectivity index (χ0) is 26.6. The van der Waals surface area contributed by atoms with Crippen molar-refractivity contribution >= 4 is 46.1 Å². The number of thiophene rings is 1. The molecule has 1 aliphatic rings. The van der Waals surface area contributed by atoms with E-state index in [1.165, 1.54) is 16.2 Å². The molecule has 0 aliphatic carbocycles. The average molecular weight is 546 g/mol. The minimum absolute atomic E-state index is 0.0302. The van der Waals surface area contributed by atoms with E-state index in [9.17, 15) is 14.7 Å². The Labute approximate surface area is 229 Å². The number of hydrogen-bond acceptors (Lipinski definition) is 6. The summed E-state index contributed by atoms with van der Waals surface area (Å²) < 4.78 is 11.4. The third-order valence-corrected chi connectivity index (χ3v) is 7.38. The maximum Gasteiger partial charge on any atom is 0.300 e. The molecule has 192 valence electrons. The first-order chi connectivity index (χ1) is 18.5. The molecular weight excluding hydrogens is 522 g/mol. The lowest BCUT2D eigenvalue weighted by molar-refractivity contribution is -0.132. The number of anilines is 1. The number of benzene rings is 3. The van der Waals surface area contributed by atoms with E-state index in [0.29, 0.717) is 30.4 Å². The van der Waals surface area contributed by atoms with E-state index in [4.69, 9.17) is 21.1 Å². The van der Waals surface area contributed by atoms with Crippen molar-refractivity contribution in [2.45, 2.75) is 19.6 Å². The number of aliphatic hydroxyl groups excluding tert-OH is 1. The van der Waals surface area contributed by atoms with Gasteiger partial charge in [0.25, 0.3) is 11.7 Å². The third-order valence-electron chi connectivity index (χ3n) is 6.12. The van der Waals surface area contributed by atoms with E-state index < -0.39 is 17.7 Å². The number of rotatable bonds is 8. The van der Waals surface area contributed by atoms with Crippen LogP contribution < -0.4 is 14.4 Å². The van der Waals surface area contributed by atoms with Crippen molar-refractivity contribution in [3.8, 4) is 11.5 Å². The first-order valence-electron chi connectivity index (χ1n) is 12.0. The predicted molar refractivity (Wildman–Crippen MR) is 149 cm³/mol. The molecule has 38 heavy (non-hydrogen) atoms. The summed E-state index contributed by atoms with van der Waals surface area (Å²) in [6.07, 6.45) is 0. The molecule has 1 fully saturated rings. The Hall–Kier alpha value is -4.07. The van der Waals surface area contributed by atoms with Gasteiger partial charge in [-0.05, 0) is 66.4 Å². The van der Waals surface area contributed by atoms with Crippen molar-refractivity contribution in [2.24, 2.45) is 0 Å². The summed E-state index contributed by atoms with van der Waals surface area (Å²) in [6.45, 7) is 2.67. The molecule has 0 spiro atoms. The number of ether oxygens (including phenoxy) is 2. The van der Waals surface area contributed by atoms with E-state index in [1.54, 1.807) is 42.5 Å². The Morgan fingerprint density at radius 2 is 1.68 bits per heavy atom. The van der Waals surface area contributed by atoms with E-state index in [0.717, 1.165) is 10.4 Å². The monoisotopic (exact) mass is 545 g/mol. The highest BCUT2D eigenvalue weighted by Crippen LogP contribution is 2.44. The summed E-state index contributed by atoms with van der Waals surface area (Å²) in [6, 6.07) is 24.5. The highest BCUT2D eigenvalue weighted by atomic mass is 35.5. The maximum atomic E-state index is 13.4. The molecule has 1 saturated heterocycles. The first kappa shape index (κ1) is 25.6. The fourth-order valence-electron chi connectivity index (χ4n) is 4.35. The molecule has 1 aliphatic heterocycles. The van der Waals surface area contributed by atoms with Gasteiger partial charge in [0.1, 0.15) is 29.9 Å². The van der Waals surface area contributed by atoms with Crippen molar-refractivity contribution in [3.63, 3.8) is 0 Å². The first-order valence-corrected chi connectivity index (χ1v) is 13.3. The summed E-state index contributed by atoms with van der Waals surface area (Å²) in [5, 5.41) is 13.5. The fourth-order valence-corrected chi connectivity index (χ4v) is 5.38. The summed E-state index contributed by atoms with van der Waals surface area (Å²) in [7, 11) is 0. The number of hydrogen-bond donors (Lipinski definition) is 1. The molecule has 1 atom stereocenters. The highest BCUT2D eigenvalue weighted by Gasteiger charge is 2.47. The zero-order valence-electron chi connectivity index (χ0n) is 20.5. The normalized spacial score (nSPS) is 16.6. The second-order valence-electron chi connectivity index (χ2n) is 8.53. The van der Waals surface area contributed by atoms with Gasteiger partial charge in [-0.15, -0.1) is 11.3 Å². The molecule has 0 radical (unpaired) electrons. The van der Waals surface area contributed by atoms with Gasteiger partial charge in [-0.3, -0.25) is 14.5 Å². The number of nitrogens with zero attached hydrogens (tertiary/aromatic N) is 1. The molecule has 1 amide bonds. The van der Waals surface area contributed by atoms with Crippen LogP contribution >= 0.6 is 22.9 Å². The molecule has 2 heterocycles. The summed E-state index contributed by atoms with van der Waals surface area (Å²) in [5.74, 6) is -0.755. The molecule has 3 aromatic carbocycles. The van der Waals surface area contributed by atoms with Crippen molar-refractivity contribution in [1.29, 1.82) is 0 Å². The zero-order valence-corrected chi connectivity index (χ0v) is 22.0. The smallest absolute Gasteiger partial charge is 0.300 e. The number of amides is 1. The van der Waals surface area contributed by atoms with Crippen LogP contribution in [0.3, 0.4) is 0 Å². The van der Waals surface area contributed by atoms with Gasteiger partial charge in [0.15, 0.2) is 0 Å². The molecule has 4 aromatic rings. The Bertz CT molecular complexity index is 1480. The Balaban J connectivity index is 1.52. The van der Waals surface area contributed by atoms with Gasteiger partial charge in [-0.25, -0.2) is 0 Å².